The van der Waals surface area contributed by atoms with Crippen LogP contribution in [0.25, 0.3) is 0 Å². The van der Waals surface area contributed by atoms with Crippen LogP contribution in [0.3, 0.4) is 0 Å². The van der Waals surface area contributed by atoms with Gasteiger partial charge in [-0.1, -0.05) is 30.1 Å². The van der Waals surface area contributed by atoms with Crippen molar-refractivity contribution in [3.05, 3.63) is 16.1 Å². The molecule has 2 rings (SSSR count). The lowest BCUT2D eigenvalue weighted by Gasteiger charge is -2.23. The van der Waals surface area contributed by atoms with Crippen molar-refractivity contribution in [2.45, 2.75) is 19.8 Å². The van der Waals surface area contributed by atoms with Gasteiger partial charge in [-0.2, -0.15) is 0 Å². The Hall–Kier alpha value is -1.20. The highest BCUT2D eigenvalue weighted by Crippen LogP contribution is 2.32. The van der Waals surface area contributed by atoms with Crippen LogP contribution in [0.5, 0.6) is 0 Å². The molecule has 1 amide bonds. The number of likely N-dealkylation sites (N-methyl/N-ethyl adjacent to an activating group) is 1. The number of hydrogen-bond acceptors (Lipinski definition) is 4. The van der Waals surface area contributed by atoms with Crippen LogP contribution in [0, 0.1) is 0 Å². The van der Waals surface area contributed by atoms with E-state index in [2.05, 4.69) is 17.2 Å². The zero-order valence-corrected chi connectivity index (χ0v) is 13.8. The number of amides is 1. The van der Waals surface area contributed by atoms with Crippen molar-refractivity contribution < 1.29 is 4.79 Å². The zero-order chi connectivity index (χ0) is 15.4. The topological polar surface area (TPSA) is 48.5 Å². The van der Waals surface area contributed by atoms with Crippen molar-refractivity contribution in [1.29, 1.82) is 0 Å². The smallest absolute Gasteiger partial charge is 0.241 e. The number of rotatable bonds is 4. The summed E-state index contributed by atoms with van der Waals surface area (Å²) < 4.78 is 0. The van der Waals surface area contributed by atoms with Crippen LogP contribution in [0.4, 0.5) is 11.6 Å². The molecule has 5 nitrogen and oxygen atoms in total. The standard InChI is InChI=1S/C14H20Cl2N4O/c1-3-5-17-13-10(15)8-11(16)14(18-13)20-7-4-6-19(2)12(21)9-20/h8H,3-7,9H2,1-2H3,(H,17,18). The zero-order valence-electron chi connectivity index (χ0n) is 12.3. The normalized spacial score (nSPS) is 16.1. The second-order valence-corrected chi connectivity index (χ2v) is 5.96. The number of pyridine rings is 1. The van der Waals surface area contributed by atoms with Crippen LogP contribution in [0.2, 0.25) is 10.0 Å². The fourth-order valence-electron chi connectivity index (χ4n) is 2.21. The van der Waals surface area contributed by atoms with Crippen molar-refractivity contribution in [2.75, 3.05) is 43.4 Å². The van der Waals surface area contributed by atoms with Crippen LogP contribution in [-0.4, -0.2) is 49.0 Å². The van der Waals surface area contributed by atoms with E-state index >= 15 is 0 Å². The minimum Gasteiger partial charge on any atom is -0.369 e. The van der Waals surface area contributed by atoms with E-state index in [1.165, 1.54) is 0 Å². The van der Waals surface area contributed by atoms with E-state index in [0.717, 1.165) is 32.5 Å². The molecule has 1 fully saturated rings. The van der Waals surface area contributed by atoms with E-state index in [0.29, 0.717) is 21.7 Å². The van der Waals surface area contributed by atoms with Gasteiger partial charge in [-0.05, 0) is 18.9 Å². The quantitative estimate of drug-likeness (QED) is 0.922. The molecule has 1 aromatic heterocycles. The summed E-state index contributed by atoms with van der Waals surface area (Å²) in [4.78, 5) is 20.2. The third-order valence-electron chi connectivity index (χ3n) is 3.43. The number of halogens is 2. The van der Waals surface area contributed by atoms with E-state index in [1.807, 2.05) is 11.9 Å². The molecule has 0 spiro atoms. The van der Waals surface area contributed by atoms with Gasteiger partial charge in [-0.25, -0.2) is 4.98 Å². The van der Waals surface area contributed by atoms with Crippen LogP contribution in [-0.2, 0) is 4.79 Å². The van der Waals surface area contributed by atoms with E-state index in [4.69, 9.17) is 23.2 Å². The highest BCUT2D eigenvalue weighted by atomic mass is 35.5. The lowest BCUT2D eigenvalue weighted by molar-refractivity contribution is -0.127. The SMILES string of the molecule is CCCNc1nc(N2CCCN(C)C(=O)C2)c(Cl)cc1Cl. The van der Waals surface area contributed by atoms with Crippen molar-refractivity contribution in [2.24, 2.45) is 0 Å². The Balaban J connectivity index is 2.27. The fraction of sp³-hybridized carbons (Fsp3) is 0.571. The molecule has 116 valence electrons. The van der Waals surface area contributed by atoms with Gasteiger partial charge in [0, 0.05) is 26.7 Å². The van der Waals surface area contributed by atoms with Gasteiger partial charge < -0.3 is 15.1 Å². The first kappa shape index (κ1) is 16.2. The number of anilines is 2. The second-order valence-electron chi connectivity index (χ2n) is 5.14. The third kappa shape index (κ3) is 3.92. The molecule has 1 aliphatic heterocycles. The molecule has 0 atom stereocenters. The van der Waals surface area contributed by atoms with Gasteiger partial charge in [0.15, 0.2) is 0 Å². The van der Waals surface area contributed by atoms with Crippen molar-refractivity contribution in [3.8, 4) is 0 Å². The molecule has 0 radical (unpaired) electrons. The van der Waals surface area contributed by atoms with Crippen LogP contribution < -0.4 is 10.2 Å². The van der Waals surface area contributed by atoms with Gasteiger partial charge in [0.05, 0.1) is 16.6 Å². The first-order chi connectivity index (χ1) is 10.0. The molecule has 2 heterocycles. The summed E-state index contributed by atoms with van der Waals surface area (Å²) in [6.45, 7) is 4.65. The monoisotopic (exact) mass is 330 g/mol. The maximum atomic E-state index is 12.0. The van der Waals surface area contributed by atoms with Crippen LogP contribution >= 0.6 is 23.2 Å². The number of nitrogens with zero attached hydrogens (tertiary/aromatic N) is 3. The molecule has 1 saturated heterocycles. The summed E-state index contributed by atoms with van der Waals surface area (Å²) in [7, 11) is 1.82. The van der Waals surface area contributed by atoms with Crippen molar-refractivity contribution in [3.63, 3.8) is 0 Å². The number of carbonyl (C=O) groups excluding carboxylic acids is 1. The number of carbonyl (C=O) groups is 1. The van der Waals surface area contributed by atoms with Gasteiger partial charge in [0.25, 0.3) is 0 Å². The predicted octanol–water partition coefficient (Wildman–Crippen LogP) is 2.88. The Bertz CT molecular complexity index is 524. The van der Waals surface area contributed by atoms with Crippen LogP contribution in [0.1, 0.15) is 19.8 Å². The molecule has 0 saturated carbocycles. The number of nitrogens with one attached hydrogen (secondary N) is 1. The van der Waals surface area contributed by atoms with Crippen molar-refractivity contribution in [1.82, 2.24) is 9.88 Å². The Morgan fingerprint density at radius 3 is 2.81 bits per heavy atom. The second kappa shape index (κ2) is 7.18. The average molecular weight is 331 g/mol. The predicted molar refractivity (Wildman–Crippen MR) is 87.5 cm³/mol. The summed E-state index contributed by atoms with van der Waals surface area (Å²) in [5.74, 6) is 1.30. The molecule has 21 heavy (non-hydrogen) atoms. The molecule has 0 aromatic carbocycles. The fourth-order valence-corrected chi connectivity index (χ4v) is 2.76. The van der Waals surface area contributed by atoms with Gasteiger partial charge in [0.1, 0.15) is 11.6 Å². The summed E-state index contributed by atoms with van der Waals surface area (Å²) in [5, 5.41) is 4.15. The molecule has 7 heteroatoms. The third-order valence-corrected chi connectivity index (χ3v) is 3.99. The highest BCUT2D eigenvalue weighted by molar-refractivity contribution is 6.37. The number of hydrogen-bond donors (Lipinski definition) is 1. The minimum atomic E-state index is 0.0726. The Labute approximate surface area is 135 Å². The first-order valence-electron chi connectivity index (χ1n) is 7.11. The molecular formula is C14H20Cl2N4O. The van der Waals surface area contributed by atoms with Gasteiger partial charge in [0.2, 0.25) is 5.91 Å². The van der Waals surface area contributed by atoms with E-state index in [-0.39, 0.29) is 12.5 Å². The highest BCUT2D eigenvalue weighted by Gasteiger charge is 2.22. The first-order valence-corrected chi connectivity index (χ1v) is 7.87. The maximum absolute atomic E-state index is 12.0. The van der Waals surface area contributed by atoms with Crippen LogP contribution in [0.15, 0.2) is 6.07 Å². The van der Waals surface area contributed by atoms with Crippen molar-refractivity contribution >= 4 is 40.7 Å². The molecule has 0 aliphatic carbocycles. The molecule has 0 unspecified atom stereocenters. The van der Waals surface area contributed by atoms with Gasteiger partial charge in [-0.3, -0.25) is 4.79 Å². The molecule has 1 N–H and O–H groups in total. The maximum Gasteiger partial charge on any atom is 0.241 e. The minimum absolute atomic E-state index is 0.0726. The Kier molecular flexibility index (Phi) is 5.53. The van der Waals surface area contributed by atoms with E-state index in [9.17, 15) is 4.79 Å². The summed E-state index contributed by atoms with van der Waals surface area (Å²) in [6, 6.07) is 1.68. The Morgan fingerprint density at radius 1 is 1.33 bits per heavy atom. The molecule has 1 aliphatic rings. The molecular weight excluding hydrogens is 311 g/mol. The molecule has 0 bridgehead atoms. The van der Waals surface area contributed by atoms with Gasteiger partial charge >= 0.3 is 0 Å². The summed E-state index contributed by atoms with van der Waals surface area (Å²) >= 11 is 12.4. The number of aromatic nitrogens is 1. The summed E-state index contributed by atoms with van der Waals surface area (Å²) in [6.07, 6.45) is 1.86. The summed E-state index contributed by atoms with van der Waals surface area (Å²) in [5.41, 5.74) is 0. The lowest BCUT2D eigenvalue weighted by Crippen LogP contribution is -2.35. The average Bonchev–Trinajstić information content (AvgIpc) is 2.60. The lowest BCUT2D eigenvalue weighted by atomic mass is 10.3. The Morgan fingerprint density at radius 2 is 2.10 bits per heavy atom. The van der Waals surface area contributed by atoms with E-state index in [1.54, 1.807) is 11.0 Å². The molecule has 1 aromatic rings. The van der Waals surface area contributed by atoms with E-state index < -0.39 is 0 Å². The van der Waals surface area contributed by atoms with Gasteiger partial charge in [-0.15, -0.1) is 0 Å². The largest absolute Gasteiger partial charge is 0.369 e.